The Hall–Kier alpha value is -1.59. The number of hydrogen-bond acceptors (Lipinski definition) is 4. The third-order valence-electron chi connectivity index (χ3n) is 4.19. The number of aryl methyl sites for hydroxylation is 3. The third kappa shape index (κ3) is 2.95. The van der Waals surface area contributed by atoms with Crippen LogP contribution in [0.25, 0.3) is 4.96 Å². The lowest BCUT2D eigenvalue weighted by Crippen LogP contribution is -2.17. The molecule has 0 atom stereocenters. The summed E-state index contributed by atoms with van der Waals surface area (Å²) in [6.07, 6.45) is 4.51. The normalized spacial score (nSPS) is 14.1. The van der Waals surface area contributed by atoms with E-state index in [2.05, 4.69) is 31.2 Å². The lowest BCUT2D eigenvalue weighted by atomic mass is 10.0. The van der Waals surface area contributed by atoms with Crippen LogP contribution in [0.15, 0.2) is 40.0 Å². The average molecular weight is 342 g/mol. The highest BCUT2D eigenvalue weighted by molar-refractivity contribution is 7.98. The lowest BCUT2D eigenvalue weighted by Gasteiger charge is -2.10. The predicted octanol–water partition coefficient (Wildman–Crippen LogP) is 4.24. The second-order valence-corrected chi connectivity index (χ2v) is 8.10. The first kappa shape index (κ1) is 15.0. The van der Waals surface area contributed by atoms with Gasteiger partial charge in [-0.25, -0.2) is 4.98 Å². The zero-order valence-electron chi connectivity index (χ0n) is 13.0. The minimum Gasteiger partial charge on any atom is -0.269 e. The molecule has 0 N–H and O–H groups in total. The van der Waals surface area contributed by atoms with Gasteiger partial charge in [-0.2, -0.15) is 0 Å². The van der Waals surface area contributed by atoms with Gasteiger partial charge in [-0.15, -0.1) is 23.1 Å². The van der Waals surface area contributed by atoms with Crippen molar-refractivity contribution in [1.82, 2.24) is 9.38 Å². The summed E-state index contributed by atoms with van der Waals surface area (Å²) in [6, 6.07) is 10.1. The second kappa shape index (κ2) is 6.13. The van der Waals surface area contributed by atoms with Gasteiger partial charge in [-0.3, -0.25) is 9.20 Å². The molecular formula is C18H18N2OS2. The van der Waals surface area contributed by atoms with Crippen molar-refractivity contribution in [2.75, 3.05) is 0 Å². The fourth-order valence-corrected chi connectivity index (χ4v) is 5.22. The van der Waals surface area contributed by atoms with Crippen molar-refractivity contribution < 1.29 is 0 Å². The van der Waals surface area contributed by atoms with Crippen molar-refractivity contribution in [3.05, 3.63) is 62.5 Å². The highest BCUT2D eigenvalue weighted by Gasteiger charge is 2.18. The maximum absolute atomic E-state index is 12.5. The molecule has 23 heavy (non-hydrogen) atoms. The molecule has 118 valence electrons. The van der Waals surface area contributed by atoms with Gasteiger partial charge in [0.1, 0.15) is 0 Å². The van der Waals surface area contributed by atoms with Gasteiger partial charge in [0.25, 0.3) is 5.56 Å². The summed E-state index contributed by atoms with van der Waals surface area (Å²) in [5, 5.41) is 0. The van der Waals surface area contributed by atoms with E-state index < -0.39 is 0 Å². The number of hydrogen-bond donors (Lipinski definition) is 0. The Bertz CT molecular complexity index is 926. The van der Waals surface area contributed by atoms with Crippen molar-refractivity contribution in [3.8, 4) is 0 Å². The molecule has 0 saturated heterocycles. The van der Waals surface area contributed by atoms with E-state index in [1.165, 1.54) is 33.9 Å². The fourth-order valence-electron chi connectivity index (χ4n) is 3.08. The highest BCUT2D eigenvalue weighted by Crippen LogP contribution is 2.29. The first-order chi connectivity index (χ1) is 11.2. The van der Waals surface area contributed by atoms with Gasteiger partial charge < -0.3 is 0 Å². The van der Waals surface area contributed by atoms with Crippen LogP contribution in [-0.2, 0) is 18.6 Å². The van der Waals surface area contributed by atoms with Gasteiger partial charge in [-0.1, -0.05) is 17.7 Å². The molecule has 0 bridgehead atoms. The molecular weight excluding hydrogens is 324 g/mol. The molecule has 1 aromatic carbocycles. The lowest BCUT2D eigenvalue weighted by molar-refractivity contribution is 0.670. The van der Waals surface area contributed by atoms with E-state index in [-0.39, 0.29) is 5.56 Å². The van der Waals surface area contributed by atoms with E-state index in [4.69, 9.17) is 4.98 Å². The van der Waals surface area contributed by atoms with Crippen molar-refractivity contribution in [3.63, 3.8) is 0 Å². The van der Waals surface area contributed by atoms with E-state index in [0.717, 1.165) is 29.2 Å². The third-order valence-corrected chi connectivity index (χ3v) is 6.36. The van der Waals surface area contributed by atoms with Crippen molar-refractivity contribution in [2.24, 2.45) is 0 Å². The van der Waals surface area contributed by atoms with Gasteiger partial charge in [-0.05, 0) is 44.7 Å². The number of fused-ring (bicyclic) bond motifs is 3. The SMILES string of the molecule is Cc1cccc(SCc2cc(=O)n3c4c(sc3n2)CCCC4)c1. The molecule has 0 amide bonds. The molecule has 4 rings (SSSR count). The Morgan fingerprint density at radius 1 is 1.26 bits per heavy atom. The summed E-state index contributed by atoms with van der Waals surface area (Å²) in [6.45, 7) is 2.09. The van der Waals surface area contributed by atoms with Crippen LogP contribution >= 0.6 is 23.1 Å². The number of aromatic nitrogens is 2. The van der Waals surface area contributed by atoms with Crippen LogP contribution in [0.2, 0.25) is 0 Å². The topological polar surface area (TPSA) is 34.4 Å². The summed E-state index contributed by atoms with van der Waals surface area (Å²) >= 11 is 3.43. The highest BCUT2D eigenvalue weighted by atomic mass is 32.2. The van der Waals surface area contributed by atoms with E-state index in [1.807, 2.05) is 4.40 Å². The molecule has 2 heterocycles. The maximum atomic E-state index is 12.5. The summed E-state index contributed by atoms with van der Waals surface area (Å²) < 4.78 is 1.83. The number of nitrogens with zero attached hydrogens (tertiary/aromatic N) is 2. The average Bonchev–Trinajstić information content (AvgIpc) is 2.92. The van der Waals surface area contributed by atoms with E-state index >= 15 is 0 Å². The van der Waals surface area contributed by atoms with Crippen LogP contribution in [-0.4, -0.2) is 9.38 Å². The molecule has 0 unspecified atom stereocenters. The summed E-state index contributed by atoms with van der Waals surface area (Å²) in [5.41, 5.74) is 3.41. The molecule has 0 saturated carbocycles. The minimum absolute atomic E-state index is 0.0780. The first-order valence-electron chi connectivity index (χ1n) is 7.93. The molecule has 5 heteroatoms. The van der Waals surface area contributed by atoms with Gasteiger partial charge in [0.2, 0.25) is 0 Å². The van der Waals surface area contributed by atoms with Crippen LogP contribution in [0.1, 0.15) is 34.7 Å². The van der Waals surface area contributed by atoms with Crippen LogP contribution in [0.4, 0.5) is 0 Å². The molecule has 1 aliphatic rings. The van der Waals surface area contributed by atoms with Gasteiger partial charge in [0.15, 0.2) is 4.96 Å². The Morgan fingerprint density at radius 2 is 2.13 bits per heavy atom. The molecule has 1 aliphatic carbocycles. The van der Waals surface area contributed by atoms with Crippen molar-refractivity contribution in [1.29, 1.82) is 0 Å². The van der Waals surface area contributed by atoms with Crippen LogP contribution in [0.3, 0.4) is 0 Å². The van der Waals surface area contributed by atoms with E-state index in [1.54, 1.807) is 29.2 Å². The maximum Gasteiger partial charge on any atom is 0.259 e. The number of thioether (sulfide) groups is 1. The molecule has 0 spiro atoms. The Kier molecular flexibility index (Phi) is 3.99. The van der Waals surface area contributed by atoms with Crippen LogP contribution < -0.4 is 5.56 Å². The first-order valence-corrected chi connectivity index (χ1v) is 9.73. The number of thiazole rings is 1. The molecule has 0 aliphatic heterocycles. The van der Waals surface area contributed by atoms with Gasteiger partial charge >= 0.3 is 0 Å². The van der Waals surface area contributed by atoms with Gasteiger partial charge in [0.05, 0.1) is 5.69 Å². The van der Waals surface area contributed by atoms with Crippen LogP contribution in [0.5, 0.6) is 0 Å². The van der Waals surface area contributed by atoms with Crippen molar-refractivity contribution >= 4 is 28.1 Å². The summed E-state index contributed by atoms with van der Waals surface area (Å²) in [5.74, 6) is 0.734. The largest absolute Gasteiger partial charge is 0.269 e. The monoisotopic (exact) mass is 342 g/mol. The zero-order valence-corrected chi connectivity index (χ0v) is 14.7. The molecule has 2 aromatic heterocycles. The standard InChI is InChI=1S/C18H18N2OS2/c1-12-5-4-6-14(9-12)22-11-13-10-17(21)20-15-7-2-3-8-16(15)23-18(20)19-13/h4-6,9-10H,2-3,7-8,11H2,1H3. The fraction of sp³-hybridized carbons (Fsp3) is 0.333. The molecule has 3 nitrogen and oxygen atoms in total. The zero-order chi connectivity index (χ0) is 15.8. The van der Waals surface area contributed by atoms with E-state index in [0.29, 0.717) is 0 Å². The summed E-state index contributed by atoms with van der Waals surface area (Å²) in [4.78, 5) is 20.7. The molecule has 0 radical (unpaired) electrons. The molecule has 3 aromatic rings. The Morgan fingerprint density at radius 3 is 3.00 bits per heavy atom. The number of rotatable bonds is 3. The van der Waals surface area contributed by atoms with E-state index in [9.17, 15) is 4.79 Å². The smallest absolute Gasteiger partial charge is 0.259 e. The van der Waals surface area contributed by atoms with Crippen LogP contribution in [0, 0.1) is 6.92 Å². The number of benzene rings is 1. The molecule has 0 fully saturated rings. The Balaban J connectivity index is 1.65. The second-order valence-electron chi connectivity index (χ2n) is 5.99. The predicted molar refractivity (Wildman–Crippen MR) is 96.7 cm³/mol. The summed E-state index contributed by atoms with van der Waals surface area (Å²) in [7, 11) is 0. The minimum atomic E-state index is 0.0780. The Labute approximate surface area is 143 Å². The van der Waals surface area contributed by atoms with Gasteiger partial charge in [0, 0.05) is 27.3 Å². The van der Waals surface area contributed by atoms with Crippen molar-refractivity contribution in [2.45, 2.75) is 43.3 Å². The quantitative estimate of drug-likeness (QED) is 0.668.